The van der Waals surface area contributed by atoms with Crippen LogP contribution in [-0.4, -0.2) is 24.1 Å². The second-order valence-corrected chi connectivity index (χ2v) is 17.6. The lowest BCUT2D eigenvalue weighted by Gasteiger charge is -2.13. The molecule has 5 nitrogen and oxygen atoms in total. The van der Waals surface area contributed by atoms with E-state index in [1.165, 1.54) is 48.8 Å². The summed E-state index contributed by atoms with van der Waals surface area (Å²) >= 11 is 0. The lowest BCUT2D eigenvalue weighted by molar-refractivity contribution is 0.954. The van der Waals surface area contributed by atoms with Gasteiger partial charge in [-0.25, -0.2) is 4.98 Å². The third kappa shape index (κ3) is 5.99. The Morgan fingerprint density at radius 1 is 0.221 bits per heavy atom. The zero-order valence-electron chi connectivity index (χ0n) is 36.8. The molecule has 14 aromatic rings. The molecule has 0 aliphatic heterocycles. The van der Waals surface area contributed by atoms with Crippen LogP contribution >= 0.6 is 0 Å². The first-order valence-corrected chi connectivity index (χ1v) is 23.1. The summed E-state index contributed by atoms with van der Waals surface area (Å²) in [5, 5.41) is 12.3. The topological polar surface area (TPSA) is 48.5 Å². The lowest BCUT2D eigenvalue weighted by atomic mass is 9.92. The predicted molar refractivity (Wildman–Crippen MR) is 283 cm³/mol. The van der Waals surface area contributed by atoms with E-state index in [9.17, 15) is 0 Å². The Balaban J connectivity index is 0.940. The second-order valence-electron chi connectivity index (χ2n) is 17.6. The molecule has 68 heavy (non-hydrogen) atoms. The Kier molecular flexibility index (Phi) is 8.52. The van der Waals surface area contributed by atoms with E-state index >= 15 is 0 Å². The molecule has 0 radical (unpaired) electrons. The van der Waals surface area contributed by atoms with Gasteiger partial charge in [0.15, 0.2) is 11.6 Å². The summed E-state index contributed by atoms with van der Waals surface area (Å²) in [7, 11) is 0. The van der Waals surface area contributed by atoms with Crippen LogP contribution in [0.4, 0.5) is 0 Å². The van der Waals surface area contributed by atoms with Crippen LogP contribution in [-0.2, 0) is 0 Å². The standard InChI is InChI=1S/C63H39N5/c1-3-16-40(17-4-1)43-20-15-21-45(36-43)62-64-61(42-18-5-2-6-19-42)65-63(66-62)68-58-29-14-12-27-53(58)56-38-59-55(39-60(56)68)52-26-11-13-28-57(52)67(59)46-33-30-41(31-34-46)44-32-35-51-49-24-8-7-22-47(49)48-23-9-10-25-50(48)54(51)37-44/h1-39H. The maximum atomic E-state index is 5.32. The number of benzene rings is 11. The van der Waals surface area contributed by atoms with Crippen LogP contribution < -0.4 is 0 Å². The molecule has 0 atom stereocenters. The van der Waals surface area contributed by atoms with Gasteiger partial charge >= 0.3 is 0 Å². The van der Waals surface area contributed by atoms with Gasteiger partial charge in [0.1, 0.15) is 0 Å². The fourth-order valence-electron chi connectivity index (χ4n) is 10.6. The van der Waals surface area contributed by atoms with Gasteiger partial charge < -0.3 is 4.57 Å². The van der Waals surface area contributed by atoms with Crippen molar-refractivity contribution >= 4 is 75.9 Å². The summed E-state index contributed by atoms with van der Waals surface area (Å²) in [6.45, 7) is 0. The molecule has 0 saturated heterocycles. The van der Waals surface area contributed by atoms with Gasteiger partial charge in [0.25, 0.3) is 0 Å². The molecule has 11 aromatic carbocycles. The van der Waals surface area contributed by atoms with Crippen molar-refractivity contribution in [3.8, 4) is 56.7 Å². The van der Waals surface area contributed by atoms with Gasteiger partial charge in [0.05, 0.1) is 22.1 Å². The highest BCUT2D eigenvalue weighted by molar-refractivity contribution is 6.26. The molecule has 0 fully saturated rings. The van der Waals surface area contributed by atoms with E-state index in [1.54, 1.807) is 0 Å². The predicted octanol–water partition coefficient (Wildman–Crippen LogP) is 16.2. The molecule has 5 heteroatoms. The minimum absolute atomic E-state index is 0.568. The number of hydrogen-bond acceptors (Lipinski definition) is 3. The molecule has 0 bridgehead atoms. The molecule has 0 spiro atoms. The maximum Gasteiger partial charge on any atom is 0.238 e. The van der Waals surface area contributed by atoms with E-state index in [0.29, 0.717) is 17.6 Å². The van der Waals surface area contributed by atoms with Crippen molar-refractivity contribution in [2.45, 2.75) is 0 Å². The Morgan fingerprint density at radius 3 is 1.28 bits per heavy atom. The zero-order chi connectivity index (χ0) is 44.7. The van der Waals surface area contributed by atoms with Gasteiger partial charge in [-0.3, -0.25) is 4.57 Å². The fraction of sp³-hybridized carbons (Fsp3) is 0. The van der Waals surface area contributed by atoms with Gasteiger partial charge in [-0.05, 0) is 103 Å². The van der Waals surface area contributed by atoms with Gasteiger partial charge in [-0.2, -0.15) is 9.97 Å². The van der Waals surface area contributed by atoms with Crippen molar-refractivity contribution in [3.05, 3.63) is 237 Å². The smallest absolute Gasteiger partial charge is 0.238 e. The van der Waals surface area contributed by atoms with Crippen LogP contribution in [0.1, 0.15) is 0 Å². The molecular weight excluding hydrogens is 827 g/mol. The summed E-state index contributed by atoms with van der Waals surface area (Å²) < 4.78 is 4.63. The first-order chi connectivity index (χ1) is 33.7. The van der Waals surface area contributed by atoms with Gasteiger partial charge in [-0.1, -0.05) is 188 Å². The zero-order valence-corrected chi connectivity index (χ0v) is 36.8. The van der Waals surface area contributed by atoms with Crippen molar-refractivity contribution in [1.29, 1.82) is 0 Å². The minimum atomic E-state index is 0.568. The van der Waals surface area contributed by atoms with Crippen molar-refractivity contribution in [2.75, 3.05) is 0 Å². The number of hydrogen-bond donors (Lipinski definition) is 0. The van der Waals surface area contributed by atoms with E-state index in [-0.39, 0.29) is 0 Å². The Bertz CT molecular complexity index is 4270. The molecular formula is C63H39N5. The molecule has 0 aliphatic carbocycles. The number of rotatable bonds is 6. The third-order valence-corrected chi connectivity index (χ3v) is 13.8. The van der Waals surface area contributed by atoms with Crippen LogP contribution in [0.5, 0.6) is 0 Å². The molecule has 3 heterocycles. The largest absolute Gasteiger partial charge is 0.309 e. The maximum absolute atomic E-state index is 5.32. The lowest BCUT2D eigenvalue weighted by Crippen LogP contribution is -2.06. The first-order valence-electron chi connectivity index (χ1n) is 23.1. The summed E-state index contributed by atoms with van der Waals surface area (Å²) in [5.41, 5.74) is 11.9. The average molecular weight is 866 g/mol. The van der Waals surface area contributed by atoms with Gasteiger partial charge in [-0.15, -0.1) is 0 Å². The third-order valence-electron chi connectivity index (χ3n) is 13.8. The van der Waals surface area contributed by atoms with Crippen LogP contribution in [0.25, 0.3) is 133 Å². The fourth-order valence-corrected chi connectivity index (χ4v) is 10.6. The molecule has 0 amide bonds. The number of nitrogens with zero attached hydrogens (tertiary/aromatic N) is 5. The van der Waals surface area contributed by atoms with E-state index < -0.39 is 0 Å². The normalized spacial score (nSPS) is 11.8. The van der Waals surface area contributed by atoms with Crippen molar-refractivity contribution in [2.24, 2.45) is 0 Å². The summed E-state index contributed by atoms with van der Waals surface area (Å²) in [4.78, 5) is 15.7. The van der Waals surface area contributed by atoms with Crippen LogP contribution in [0.3, 0.4) is 0 Å². The SMILES string of the molecule is c1ccc(-c2cccc(-c3nc(-c4ccccc4)nc(-n4c5ccccc5c5cc6c(cc54)c4ccccc4n6-c4ccc(-c5ccc6c7ccccc7c7ccccc7c6c5)cc4)n3)c2)cc1. The molecule has 3 aromatic heterocycles. The monoisotopic (exact) mass is 865 g/mol. The van der Waals surface area contributed by atoms with Crippen molar-refractivity contribution in [1.82, 2.24) is 24.1 Å². The molecule has 0 aliphatic rings. The van der Waals surface area contributed by atoms with Gasteiger partial charge in [0, 0.05) is 38.4 Å². The van der Waals surface area contributed by atoms with Gasteiger partial charge in [0.2, 0.25) is 5.95 Å². The Hall–Kier alpha value is -9.19. The first kappa shape index (κ1) is 38.1. The molecule has 316 valence electrons. The Labute approximate surface area is 391 Å². The van der Waals surface area contributed by atoms with E-state index in [4.69, 9.17) is 15.0 Å². The highest BCUT2D eigenvalue weighted by Gasteiger charge is 2.22. The van der Waals surface area contributed by atoms with Crippen LogP contribution in [0.2, 0.25) is 0 Å². The van der Waals surface area contributed by atoms with E-state index in [1.807, 2.05) is 24.3 Å². The van der Waals surface area contributed by atoms with E-state index in [0.717, 1.165) is 66.2 Å². The number of fused-ring (bicyclic) bond motifs is 12. The van der Waals surface area contributed by atoms with Crippen molar-refractivity contribution in [3.63, 3.8) is 0 Å². The summed E-state index contributed by atoms with van der Waals surface area (Å²) in [6.07, 6.45) is 0. The summed E-state index contributed by atoms with van der Waals surface area (Å²) in [6, 6.07) is 84.7. The second kappa shape index (κ2) is 15.2. The average Bonchev–Trinajstić information content (AvgIpc) is 3.92. The Morgan fingerprint density at radius 2 is 0.647 bits per heavy atom. The number of aromatic nitrogens is 5. The highest BCUT2D eigenvalue weighted by atomic mass is 15.2. The highest BCUT2D eigenvalue weighted by Crippen LogP contribution is 2.41. The number of para-hydroxylation sites is 2. The van der Waals surface area contributed by atoms with E-state index in [2.05, 4.69) is 221 Å². The molecule has 14 rings (SSSR count). The van der Waals surface area contributed by atoms with Crippen LogP contribution in [0.15, 0.2) is 237 Å². The van der Waals surface area contributed by atoms with Crippen molar-refractivity contribution < 1.29 is 0 Å². The molecule has 0 N–H and O–H groups in total. The molecule has 0 saturated carbocycles. The van der Waals surface area contributed by atoms with Crippen LogP contribution in [0, 0.1) is 0 Å². The quantitative estimate of drug-likeness (QED) is 0.156. The summed E-state index contributed by atoms with van der Waals surface area (Å²) in [5.74, 6) is 1.80. The molecule has 0 unspecified atom stereocenters. The minimum Gasteiger partial charge on any atom is -0.309 e.